The second kappa shape index (κ2) is 7.43. The van der Waals surface area contributed by atoms with E-state index in [9.17, 15) is 19.8 Å². The van der Waals surface area contributed by atoms with Crippen molar-refractivity contribution in [2.75, 3.05) is 6.54 Å². The van der Waals surface area contributed by atoms with Crippen molar-refractivity contribution < 1.29 is 29.6 Å². The molecule has 2 unspecified atom stereocenters. The molecule has 1 amide bonds. The average Bonchev–Trinajstić information content (AvgIpc) is 2.41. The molecule has 4 N–H and O–H groups in total. The van der Waals surface area contributed by atoms with Gasteiger partial charge in [0.25, 0.3) is 0 Å². The quantitative estimate of drug-likeness (QED) is 0.653. The SMILES string of the molecule is Cc1ccc(C(=O)O)c(C(O)C(O)CNC(=O)OC(C)(C)C)c1. The minimum atomic E-state index is -1.45. The van der Waals surface area contributed by atoms with Crippen molar-refractivity contribution in [3.8, 4) is 0 Å². The number of nitrogens with one attached hydrogen (secondary N) is 1. The summed E-state index contributed by atoms with van der Waals surface area (Å²) in [5.74, 6) is -1.20. The van der Waals surface area contributed by atoms with Gasteiger partial charge < -0.3 is 25.4 Å². The summed E-state index contributed by atoms with van der Waals surface area (Å²) in [5.41, 5.74) is 0.0625. The topological polar surface area (TPSA) is 116 Å². The molecular weight excluding hydrogens is 302 g/mol. The van der Waals surface area contributed by atoms with E-state index in [-0.39, 0.29) is 17.7 Å². The molecule has 0 fully saturated rings. The van der Waals surface area contributed by atoms with E-state index in [1.54, 1.807) is 33.8 Å². The number of ether oxygens (including phenoxy) is 1. The molecule has 0 saturated heterocycles. The number of aliphatic hydroxyl groups is 2. The number of benzene rings is 1. The number of aromatic carboxylic acids is 1. The van der Waals surface area contributed by atoms with Gasteiger partial charge in [-0.05, 0) is 39.3 Å². The van der Waals surface area contributed by atoms with Gasteiger partial charge in [-0.2, -0.15) is 0 Å². The molecule has 1 aromatic carbocycles. The highest BCUT2D eigenvalue weighted by molar-refractivity contribution is 5.89. The third-order valence-corrected chi connectivity index (χ3v) is 2.98. The van der Waals surface area contributed by atoms with E-state index in [1.807, 2.05) is 0 Å². The fraction of sp³-hybridized carbons (Fsp3) is 0.500. The lowest BCUT2D eigenvalue weighted by Crippen LogP contribution is -2.39. The summed E-state index contributed by atoms with van der Waals surface area (Å²) >= 11 is 0. The number of carbonyl (C=O) groups excluding carboxylic acids is 1. The summed E-state index contributed by atoms with van der Waals surface area (Å²) in [4.78, 5) is 22.7. The maximum absolute atomic E-state index is 11.5. The van der Waals surface area contributed by atoms with Gasteiger partial charge in [-0.25, -0.2) is 9.59 Å². The summed E-state index contributed by atoms with van der Waals surface area (Å²) < 4.78 is 5.02. The maximum Gasteiger partial charge on any atom is 0.407 e. The first kappa shape index (κ1) is 18.9. The Hall–Kier alpha value is -2.12. The Morgan fingerprint density at radius 2 is 1.87 bits per heavy atom. The highest BCUT2D eigenvalue weighted by Crippen LogP contribution is 2.23. The van der Waals surface area contributed by atoms with Crippen molar-refractivity contribution in [1.29, 1.82) is 0 Å². The van der Waals surface area contributed by atoms with E-state index >= 15 is 0 Å². The number of rotatable bonds is 5. The van der Waals surface area contributed by atoms with E-state index in [4.69, 9.17) is 9.84 Å². The van der Waals surface area contributed by atoms with Crippen molar-refractivity contribution >= 4 is 12.1 Å². The van der Waals surface area contributed by atoms with Gasteiger partial charge in [-0.15, -0.1) is 0 Å². The number of alkyl carbamates (subject to hydrolysis) is 1. The van der Waals surface area contributed by atoms with Gasteiger partial charge in [-0.3, -0.25) is 0 Å². The molecule has 0 aliphatic rings. The molecule has 1 aromatic rings. The fourth-order valence-electron chi connectivity index (χ4n) is 1.94. The Morgan fingerprint density at radius 1 is 1.26 bits per heavy atom. The Bertz CT molecular complexity index is 578. The zero-order valence-electron chi connectivity index (χ0n) is 13.7. The third kappa shape index (κ3) is 5.88. The average molecular weight is 325 g/mol. The number of carboxylic acid groups (broad SMARTS) is 1. The fourth-order valence-corrected chi connectivity index (χ4v) is 1.94. The number of carboxylic acids is 1. The van der Waals surface area contributed by atoms with Gasteiger partial charge in [0.2, 0.25) is 0 Å². The molecule has 7 heteroatoms. The second-order valence-electron chi connectivity index (χ2n) is 6.29. The first-order valence-electron chi connectivity index (χ1n) is 7.18. The minimum Gasteiger partial charge on any atom is -0.478 e. The molecule has 1 rings (SSSR count). The van der Waals surface area contributed by atoms with E-state index in [0.717, 1.165) is 5.56 Å². The number of aliphatic hydroxyl groups excluding tert-OH is 2. The summed E-state index contributed by atoms with van der Waals surface area (Å²) in [5, 5.41) is 31.7. The van der Waals surface area contributed by atoms with Crippen LogP contribution in [0.4, 0.5) is 4.79 Å². The summed E-state index contributed by atoms with van der Waals surface area (Å²) in [7, 11) is 0. The molecule has 0 aliphatic heterocycles. The van der Waals surface area contributed by atoms with Crippen molar-refractivity contribution in [3.05, 3.63) is 34.9 Å². The van der Waals surface area contributed by atoms with Crippen LogP contribution in [0.3, 0.4) is 0 Å². The maximum atomic E-state index is 11.5. The zero-order valence-corrected chi connectivity index (χ0v) is 13.7. The van der Waals surface area contributed by atoms with Crippen molar-refractivity contribution in [1.82, 2.24) is 5.32 Å². The van der Waals surface area contributed by atoms with Crippen LogP contribution in [0.1, 0.15) is 48.4 Å². The molecule has 0 spiro atoms. The summed E-state index contributed by atoms with van der Waals surface area (Å²) in [6.07, 6.45) is -3.55. The van der Waals surface area contributed by atoms with Crippen LogP contribution >= 0.6 is 0 Å². The van der Waals surface area contributed by atoms with Crippen LogP contribution in [0.5, 0.6) is 0 Å². The first-order valence-corrected chi connectivity index (χ1v) is 7.18. The third-order valence-electron chi connectivity index (χ3n) is 2.98. The molecule has 23 heavy (non-hydrogen) atoms. The Balaban J connectivity index is 2.77. The predicted octanol–water partition coefficient (Wildman–Crippen LogP) is 1.61. The second-order valence-corrected chi connectivity index (χ2v) is 6.29. The van der Waals surface area contributed by atoms with E-state index in [2.05, 4.69) is 5.32 Å². The van der Waals surface area contributed by atoms with Crippen LogP contribution in [0.15, 0.2) is 18.2 Å². The van der Waals surface area contributed by atoms with Crippen molar-refractivity contribution in [2.24, 2.45) is 0 Å². The van der Waals surface area contributed by atoms with E-state index in [0.29, 0.717) is 0 Å². The molecule has 0 bridgehead atoms. The summed E-state index contributed by atoms with van der Waals surface area (Å²) in [6.45, 7) is 6.56. The zero-order chi connectivity index (χ0) is 17.8. The molecule has 0 saturated carbocycles. The Morgan fingerprint density at radius 3 is 2.39 bits per heavy atom. The standard InChI is InChI=1S/C16H23NO6/c1-9-5-6-10(14(20)21)11(7-9)13(19)12(18)8-17-15(22)23-16(2,3)4/h5-7,12-13,18-19H,8H2,1-4H3,(H,17,22)(H,20,21). The van der Waals surface area contributed by atoms with Crippen LogP contribution in [0, 0.1) is 6.92 Å². The van der Waals surface area contributed by atoms with Crippen LogP contribution < -0.4 is 5.32 Å². The van der Waals surface area contributed by atoms with Crippen LogP contribution in [-0.2, 0) is 4.74 Å². The predicted molar refractivity (Wildman–Crippen MR) is 83.3 cm³/mol. The molecule has 7 nitrogen and oxygen atoms in total. The normalized spacial score (nSPS) is 14.0. The van der Waals surface area contributed by atoms with Crippen LogP contribution in [-0.4, -0.2) is 45.6 Å². The molecule has 0 heterocycles. The van der Waals surface area contributed by atoms with Gasteiger partial charge in [0.1, 0.15) is 17.8 Å². The molecule has 0 radical (unpaired) electrons. The van der Waals surface area contributed by atoms with Gasteiger partial charge >= 0.3 is 12.1 Å². The number of hydrogen-bond acceptors (Lipinski definition) is 5. The largest absolute Gasteiger partial charge is 0.478 e. The molecular formula is C16H23NO6. The minimum absolute atomic E-state index is 0.0935. The lowest BCUT2D eigenvalue weighted by molar-refractivity contribution is 0.0121. The lowest BCUT2D eigenvalue weighted by atomic mass is 9.96. The lowest BCUT2D eigenvalue weighted by Gasteiger charge is -2.23. The summed E-state index contributed by atoms with van der Waals surface area (Å²) in [6, 6.07) is 4.46. The highest BCUT2D eigenvalue weighted by atomic mass is 16.6. The monoisotopic (exact) mass is 325 g/mol. The van der Waals surface area contributed by atoms with Crippen LogP contribution in [0.2, 0.25) is 0 Å². The van der Waals surface area contributed by atoms with Crippen molar-refractivity contribution in [2.45, 2.75) is 45.5 Å². The highest BCUT2D eigenvalue weighted by Gasteiger charge is 2.25. The molecule has 2 atom stereocenters. The van der Waals surface area contributed by atoms with Crippen molar-refractivity contribution in [3.63, 3.8) is 0 Å². The Kier molecular flexibility index (Phi) is 6.12. The number of carbonyl (C=O) groups is 2. The van der Waals surface area contributed by atoms with Gasteiger partial charge in [0.15, 0.2) is 0 Å². The van der Waals surface area contributed by atoms with Crippen LogP contribution in [0.25, 0.3) is 0 Å². The van der Waals surface area contributed by atoms with Gasteiger partial charge in [-0.1, -0.05) is 17.7 Å². The molecule has 0 aromatic heterocycles. The Labute approximate surface area is 134 Å². The van der Waals surface area contributed by atoms with E-state index < -0.39 is 29.9 Å². The number of aryl methyl sites for hydroxylation is 1. The molecule has 128 valence electrons. The molecule has 0 aliphatic carbocycles. The number of hydrogen-bond donors (Lipinski definition) is 4. The first-order chi connectivity index (χ1) is 10.5. The smallest absolute Gasteiger partial charge is 0.407 e. The van der Waals surface area contributed by atoms with E-state index in [1.165, 1.54) is 12.1 Å². The van der Waals surface area contributed by atoms with Gasteiger partial charge in [0.05, 0.1) is 5.56 Å². The van der Waals surface area contributed by atoms with Gasteiger partial charge in [0, 0.05) is 6.54 Å². The number of amides is 1.